The fourth-order valence-electron chi connectivity index (χ4n) is 3.99. The van der Waals surface area contributed by atoms with Gasteiger partial charge in [0.05, 0.1) is 5.92 Å². The van der Waals surface area contributed by atoms with Crippen LogP contribution in [0.4, 0.5) is 13.2 Å². The third kappa shape index (κ3) is 3.08. The molecule has 0 bridgehead atoms. The summed E-state index contributed by atoms with van der Waals surface area (Å²) in [7, 11) is 0. The van der Waals surface area contributed by atoms with E-state index in [1.165, 1.54) is 24.3 Å². The predicted molar refractivity (Wildman–Crippen MR) is 104 cm³/mol. The molecule has 1 aliphatic carbocycles. The molecule has 3 aromatic carbocycles. The number of Topliss-reactive ketones (excluding diaryl/α,β-unsaturated/α-hetero) is 1. The van der Waals surface area contributed by atoms with Crippen LogP contribution in [0.5, 0.6) is 0 Å². The second-order valence-electron chi connectivity index (χ2n) is 7.13. The van der Waals surface area contributed by atoms with Crippen molar-refractivity contribution in [2.75, 3.05) is 0 Å². The zero-order valence-corrected chi connectivity index (χ0v) is 15.5. The molecule has 0 aliphatic heterocycles. The number of hydrogen-bond acceptors (Lipinski definition) is 2. The zero-order valence-electron chi connectivity index (χ0n) is 15.5. The van der Waals surface area contributed by atoms with E-state index in [4.69, 9.17) is 0 Å². The first kappa shape index (κ1) is 19.2. The van der Waals surface area contributed by atoms with Crippen LogP contribution in [-0.2, 0) is 10.4 Å². The van der Waals surface area contributed by atoms with Gasteiger partial charge in [0.25, 0.3) is 0 Å². The first-order valence-electron chi connectivity index (χ1n) is 9.11. The highest BCUT2D eigenvalue weighted by molar-refractivity contribution is 6.33. The Morgan fingerprint density at radius 3 is 1.97 bits per heavy atom. The lowest BCUT2D eigenvalue weighted by molar-refractivity contribution is -0.121. The summed E-state index contributed by atoms with van der Waals surface area (Å²) in [5.41, 5.74) is -0.721. The average molecular weight is 394 g/mol. The van der Waals surface area contributed by atoms with Crippen LogP contribution >= 0.6 is 0 Å². The summed E-state index contributed by atoms with van der Waals surface area (Å²) in [4.78, 5) is 13.2. The van der Waals surface area contributed by atoms with Crippen molar-refractivity contribution >= 4 is 16.9 Å². The van der Waals surface area contributed by atoms with E-state index in [0.29, 0.717) is 11.1 Å². The normalized spacial score (nSPS) is 21.7. The number of ketones is 1. The Labute approximate surface area is 165 Å². The summed E-state index contributed by atoms with van der Waals surface area (Å²) < 4.78 is 41.5. The van der Waals surface area contributed by atoms with Crippen LogP contribution in [0.15, 0.2) is 72.8 Å². The lowest BCUT2D eigenvalue weighted by Crippen LogP contribution is -2.33. The fourth-order valence-corrected chi connectivity index (χ4v) is 3.99. The summed E-state index contributed by atoms with van der Waals surface area (Å²) in [6.45, 7) is 1.57. The number of halogens is 3. The van der Waals surface area contributed by atoms with Gasteiger partial charge in [-0.2, -0.15) is 0 Å². The molecule has 0 unspecified atom stereocenters. The van der Waals surface area contributed by atoms with Gasteiger partial charge in [-0.25, -0.2) is 13.2 Å². The molecule has 1 N–H and O–H groups in total. The molecule has 2 nitrogen and oxygen atoms in total. The van der Waals surface area contributed by atoms with E-state index in [1.54, 1.807) is 37.3 Å². The number of carbonyl (C=O) groups is 1. The van der Waals surface area contributed by atoms with E-state index in [9.17, 15) is 23.1 Å². The van der Waals surface area contributed by atoms with Crippen LogP contribution < -0.4 is 0 Å². The average Bonchev–Trinajstić information content (AvgIpc) is 2.91. The van der Waals surface area contributed by atoms with Crippen LogP contribution in [0.25, 0.3) is 11.1 Å². The molecule has 0 radical (unpaired) electrons. The number of aliphatic hydroxyl groups is 1. The molecule has 29 heavy (non-hydrogen) atoms. The Balaban J connectivity index is 2.08. The lowest BCUT2D eigenvalue weighted by Gasteiger charge is -2.31. The molecule has 146 valence electrons. The monoisotopic (exact) mass is 394 g/mol. The minimum Gasteiger partial charge on any atom is -0.380 e. The Kier molecular flexibility index (Phi) is 4.63. The highest BCUT2D eigenvalue weighted by atomic mass is 19.1. The SMILES string of the molecule is C[C@@H]1C(=O)C(c2ccc(F)cc2)=C(c2cc(F)cc(F)c2)[C@]1(O)c1ccccc1. The molecule has 0 fully saturated rings. The van der Waals surface area contributed by atoms with E-state index >= 15 is 0 Å². The number of carbonyl (C=O) groups excluding carboxylic acids is 1. The second-order valence-corrected chi connectivity index (χ2v) is 7.13. The van der Waals surface area contributed by atoms with Gasteiger partial charge in [-0.1, -0.05) is 49.4 Å². The maximum atomic E-state index is 14.0. The topological polar surface area (TPSA) is 37.3 Å². The summed E-state index contributed by atoms with van der Waals surface area (Å²) >= 11 is 0. The van der Waals surface area contributed by atoms with E-state index in [-0.39, 0.29) is 22.5 Å². The number of hydrogen-bond donors (Lipinski definition) is 1. The first-order chi connectivity index (χ1) is 13.8. The third-order valence-corrected chi connectivity index (χ3v) is 5.40. The summed E-state index contributed by atoms with van der Waals surface area (Å²) in [5, 5.41) is 11.8. The van der Waals surface area contributed by atoms with Crippen molar-refractivity contribution in [2.24, 2.45) is 5.92 Å². The van der Waals surface area contributed by atoms with E-state index in [1.807, 2.05) is 0 Å². The largest absolute Gasteiger partial charge is 0.380 e. The maximum absolute atomic E-state index is 14.0. The van der Waals surface area contributed by atoms with Crippen molar-refractivity contribution in [3.63, 3.8) is 0 Å². The van der Waals surface area contributed by atoms with E-state index in [0.717, 1.165) is 18.2 Å². The molecular weight excluding hydrogens is 377 g/mol. The van der Waals surface area contributed by atoms with E-state index < -0.39 is 29.0 Å². The molecule has 0 aromatic heterocycles. The molecule has 1 aliphatic rings. The Bertz CT molecular complexity index is 1100. The van der Waals surface area contributed by atoms with E-state index in [2.05, 4.69) is 0 Å². The smallest absolute Gasteiger partial charge is 0.170 e. The predicted octanol–water partition coefficient (Wildman–Crippen LogP) is 5.12. The van der Waals surface area contributed by atoms with Crippen LogP contribution in [0.1, 0.15) is 23.6 Å². The van der Waals surface area contributed by atoms with Crippen molar-refractivity contribution in [2.45, 2.75) is 12.5 Å². The molecule has 3 aromatic rings. The molecule has 0 spiro atoms. The third-order valence-electron chi connectivity index (χ3n) is 5.40. The first-order valence-corrected chi connectivity index (χ1v) is 9.11. The van der Waals surface area contributed by atoms with Gasteiger partial charge in [0.1, 0.15) is 23.1 Å². The maximum Gasteiger partial charge on any atom is 0.170 e. The molecule has 2 atom stereocenters. The van der Waals surface area contributed by atoms with Gasteiger partial charge in [-0.05, 0) is 41.0 Å². The fraction of sp³-hybridized carbons (Fsp3) is 0.125. The van der Waals surface area contributed by atoms with Crippen molar-refractivity contribution in [1.82, 2.24) is 0 Å². The molecule has 5 heteroatoms. The van der Waals surface area contributed by atoms with Gasteiger partial charge >= 0.3 is 0 Å². The highest BCUT2D eigenvalue weighted by Crippen LogP contribution is 2.53. The van der Waals surface area contributed by atoms with Crippen LogP contribution in [0.3, 0.4) is 0 Å². The molecule has 0 saturated carbocycles. The van der Waals surface area contributed by atoms with Crippen LogP contribution in [0.2, 0.25) is 0 Å². The minimum atomic E-state index is -1.80. The summed E-state index contributed by atoms with van der Waals surface area (Å²) in [6, 6.07) is 16.6. The minimum absolute atomic E-state index is 0.0610. The van der Waals surface area contributed by atoms with Gasteiger partial charge in [-0.3, -0.25) is 4.79 Å². The van der Waals surface area contributed by atoms with Gasteiger partial charge in [-0.15, -0.1) is 0 Å². The van der Waals surface area contributed by atoms with Crippen LogP contribution in [0, 0.1) is 23.4 Å². The van der Waals surface area contributed by atoms with Crippen molar-refractivity contribution in [1.29, 1.82) is 0 Å². The Morgan fingerprint density at radius 1 is 0.793 bits per heavy atom. The lowest BCUT2D eigenvalue weighted by atomic mass is 9.78. The van der Waals surface area contributed by atoms with Gasteiger partial charge in [0.15, 0.2) is 5.78 Å². The quantitative estimate of drug-likeness (QED) is 0.669. The van der Waals surface area contributed by atoms with Crippen LogP contribution in [-0.4, -0.2) is 10.9 Å². The number of allylic oxidation sites excluding steroid dienone is 1. The molecular formula is C24H17F3O2. The Morgan fingerprint density at radius 2 is 1.38 bits per heavy atom. The molecule has 0 amide bonds. The van der Waals surface area contributed by atoms with Gasteiger partial charge < -0.3 is 5.11 Å². The number of rotatable bonds is 3. The van der Waals surface area contributed by atoms with Crippen molar-refractivity contribution in [3.8, 4) is 0 Å². The number of benzene rings is 3. The second kappa shape index (κ2) is 7.01. The summed E-state index contributed by atoms with van der Waals surface area (Å²) in [5.74, 6) is -3.43. The van der Waals surface area contributed by atoms with Gasteiger partial charge in [0.2, 0.25) is 0 Å². The molecule has 0 heterocycles. The molecule has 0 saturated heterocycles. The van der Waals surface area contributed by atoms with Gasteiger partial charge in [0, 0.05) is 17.2 Å². The molecule has 4 rings (SSSR count). The van der Waals surface area contributed by atoms with Crippen molar-refractivity contribution in [3.05, 3.63) is 107 Å². The standard InChI is InChI=1S/C24H17F3O2/c1-14-23(28)21(15-7-9-18(25)10-8-15)22(16-11-19(26)13-20(27)12-16)24(14,29)17-5-3-2-4-6-17/h2-14,29H,1H3/t14-,24-/m1/s1. The highest BCUT2D eigenvalue weighted by Gasteiger charge is 2.52. The zero-order chi connectivity index (χ0) is 20.8. The summed E-state index contributed by atoms with van der Waals surface area (Å²) in [6.07, 6.45) is 0. The Hall–Kier alpha value is -3.18. The van der Waals surface area contributed by atoms with Crippen molar-refractivity contribution < 1.29 is 23.1 Å².